The molecule has 0 saturated heterocycles. The fourth-order valence-electron chi connectivity index (χ4n) is 2.38. The maximum atomic E-state index is 12.5. The Bertz CT molecular complexity index is 724. The van der Waals surface area contributed by atoms with Gasteiger partial charge in [-0.15, -0.1) is 0 Å². The van der Waals surface area contributed by atoms with Crippen molar-refractivity contribution >= 4 is 17.4 Å². The average Bonchev–Trinajstić information content (AvgIpc) is 2.63. The molecule has 0 unspecified atom stereocenters. The Kier molecular flexibility index (Phi) is 3.47. The molecule has 0 radical (unpaired) electrons. The van der Waals surface area contributed by atoms with Crippen molar-refractivity contribution in [1.82, 2.24) is 0 Å². The van der Waals surface area contributed by atoms with E-state index in [1.807, 2.05) is 6.07 Å². The minimum absolute atomic E-state index is 0.0782. The van der Waals surface area contributed by atoms with Crippen LogP contribution in [0.15, 0.2) is 30.3 Å². The average molecular weight is 305 g/mol. The smallest absolute Gasteiger partial charge is 0.174 e. The van der Waals surface area contributed by atoms with Crippen molar-refractivity contribution < 1.29 is 19.0 Å². The summed E-state index contributed by atoms with van der Waals surface area (Å²) >= 11 is 6.18. The molecule has 108 valence electrons. The Hall–Kier alpha value is -2.20. The van der Waals surface area contributed by atoms with E-state index < -0.39 is 0 Å². The number of halogens is 1. The second kappa shape index (κ2) is 5.30. The molecule has 0 spiro atoms. The Balaban J connectivity index is 2.23. The zero-order valence-electron chi connectivity index (χ0n) is 11.6. The number of ketones is 1. The molecule has 0 N–H and O–H groups in total. The number of rotatable bonds is 2. The first-order chi connectivity index (χ1) is 10.1. The van der Waals surface area contributed by atoms with E-state index in [9.17, 15) is 4.79 Å². The van der Waals surface area contributed by atoms with Gasteiger partial charge in [0, 0.05) is 24.1 Å². The maximum Gasteiger partial charge on any atom is 0.174 e. The van der Waals surface area contributed by atoms with Gasteiger partial charge in [0.25, 0.3) is 0 Å². The van der Waals surface area contributed by atoms with Gasteiger partial charge >= 0.3 is 0 Å². The topological polar surface area (TPSA) is 44.8 Å². The van der Waals surface area contributed by atoms with Gasteiger partial charge < -0.3 is 14.2 Å². The summed E-state index contributed by atoms with van der Waals surface area (Å²) in [6, 6.07) is 8.68. The minimum atomic E-state index is -0.0782. The molecule has 0 atom stereocenters. The summed E-state index contributed by atoms with van der Waals surface area (Å²) in [6.45, 7) is 0. The van der Waals surface area contributed by atoms with Crippen LogP contribution in [0.4, 0.5) is 0 Å². The van der Waals surface area contributed by atoms with E-state index in [2.05, 4.69) is 0 Å². The van der Waals surface area contributed by atoms with Crippen LogP contribution >= 0.6 is 11.6 Å². The molecule has 21 heavy (non-hydrogen) atoms. The van der Waals surface area contributed by atoms with E-state index in [1.54, 1.807) is 31.4 Å². The Morgan fingerprint density at radius 1 is 1.19 bits per heavy atom. The van der Waals surface area contributed by atoms with Gasteiger partial charge in [-0.3, -0.25) is 4.79 Å². The van der Waals surface area contributed by atoms with Gasteiger partial charge in [0.1, 0.15) is 28.6 Å². The predicted molar refractivity (Wildman–Crippen MR) is 79.1 cm³/mol. The van der Waals surface area contributed by atoms with Crippen molar-refractivity contribution in [2.75, 3.05) is 14.2 Å². The second-order valence-electron chi connectivity index (χ2n) is 4.63. The molecule has 2 aromatic rings. The van der Waals surface area contributed by atoms with Crippen LogP contribution in [0.25, 0.3) is 0 Å². The molecule has 0 fully saturated rings. The van der Waals surface area contributed by atoms with Crippen molar-refractivity contribution in [1.29, 1.82) is 0 Å². The third-order valence-electron chi connectivity index (χ3n) is 3.39. The summed E-state index contributed by atoms with van der Waals surface area (Å²) in [5, 5.41) is 0.468. The molecular weight excluding hydrogens is 292 g/mol. The number of hydrogen-bond acceptors (Lipinski definition) is 4. The molecule has 2 aromatic carbocycles. The fraction of sp³-hybridized carbons (Fsp3) is 0.188. The van der Waals surface area contributed by atoms with Gasteiger partial charge in [-0.05, 0) is 6.07 Å². The maximum absolute atomic E-state index is 12.5. The van der Waals surface area contributed by atoms with E-state index >= 15 is 0 Å². The lowest BCUT2D eigenvalue weighted by molar-refractivity contribution is 0.0990. The van der Waals surface area contributed by atoms with Crippen LogP contribution in [-0.2, 0) is 6.42 Å². The van der Waals surface area contributed by atoms with Crippen molar-refractivity contribution in [2.24, 2.45) is 0 Å². The van der Waals surface area contributed by atoms with E-state index in [4.69, 9.17) is 25.8 Å². The monoisotopic (exact) mass is 304 g/mol. The van der Waals surface area contributed by atoms with E-state index in [0.717, 1.165) is 5.56 Å². The van der Waals surface area contributed by atoms with Crippen LogP contribution in [0.1, 0.15) is 15.9 Å². The SMILES string of the molecule is COc1cc(OC)c2c(c1)Oc1c(Cl)cccc1CC2=O. The quantitative estimate of drug-likeness (QED) is 0.844. The van der Waals surface area contributed by atoms with Crippen LogP contribution < -0.4 is 14.2 Å². The summed E-state index contributed by atoms with van der Waals surface area (Å²) < 4.78 is 16.4. The van der Waals surface area contributed by atoms with Gasteiger partial charge in [-0.25, -0.2) is 0 Å². The van der Waals surface area contributed by atoms with Gasteiger partial charge in [0.15, 0.2) is 5.78 Å². The highest BCUT2D eigenvalue weighted by Gasteiger charge is 2.27. The normalized spacial score (nSPS) is 12.8. The lowest BCUT2D eigenvalue weighted by atomic mass is 10.0. The van der Waals surface area contributed by atoms with Crippen LogP contribution in [0.5, 0.6) is 23.0 Å². The molecule has 5 heteroatoms. The number of para-hydroxylation sites is 1. The molecule has 1 aliphatic heterocycles. The molecule has 4 nitrogen and oxygen atoms in total. The number of hydrogen-bond donors (Lipinski definition) is 0. The predicted octanol–water partition coefficient (Wildman–Crippen LogP) is 3.89. The molecule has 3 rings (SSSR count). The minimum Gasteiger partial charge on any atom is -0.496 e. The first-order valence-corrected chi connectivity index (χ1v) is 6.76. The van der Waals surface area contributed by atoms with E-state index in [0.29, 0.717) is 33.6 Å². The van der Waals surface area contributed by atoms with Crippen molar-refractivity contribution in [3.05, 3.63) is 46.5 Å². The lowest BCUT2D eigenvalue weighted by Crippen LogP contribution is -2.05. The largest absolute Gasteiger partial charge is 0.496 e. The molecule has 0 aromatic heterocycles. The van der Waals surface area contributed by atoms with Crippen molar-refractivity contribution in [2.45, 2.75) is 6.42 Å². The van der Waals surface area contributed by atoms with Gasteiger partial charge in [0.05, 0.1) is 19.2 Å². The number of methoxy groups -OCH3 is 2. The summed E-state index contributed by atoms with van der Waals surface area (Å²) in [6.07, 6.45) is 0.214. The zero-order valence-corrected chi connectivity index (χ0v) is 12.4. The highest BCUT2D eigenvalue weighted by Crippen LogP contribution is 2.43. The highest BCUT2D eigenvalue weighted by atomic mass is 35.5. The Morgan fingerprint density at radius 2 is 2.00 bits per heavy atom. The van der Waals surface area contributed by atoms with E-state index in [-0.39, 0.29) is 12.2 Å². The fourth-order valence-corrected chi connectivity index (χ4v) is 2.61. The number of fused-ring (bicyclic) bond motifs is 2. The summed E-state index contributed by atoms with van der Waals surface area (Å²) in [5.74, 6) is 1.79. The first kappa shape index (κ1) is 13.8. The third-order valence-corrected chi connectivity index (χ3v) is 3.68. The number of carbonyl (C=O) groups is 1. The number of ether oxygens (including phenoxy) is 3. The van der Waals surface area contributed by atoms with Crippen LogP contribution in [0.3, 0.4) is 0 Å². The van der Waals surface area contributed by atoms with Crippen molar-refractivity contribution in [3.8, 4) is 23.0 Å². The second-order valence-corrected chi connectivity index (χ2v) is 5.04. The molecule has 1 aliphatic rings. The number of benzene rings is 2. The lowest BCUT2D eigenvalue weighted by Gasteiger charge is -2.13. The third kappa shape index (κ3) is 2.32. The molecule has 0 aliphatic carbocycles. The van der Waals surface area contributed by atoms with Gasteiger partial charge in [0.2, 0.25) is 0 Å². The molecular formula is C16H13ClO4. The number of carbonyl (C=O) groups excluding carboxylic acids is 1. The first-order valence-electron chi connectivity index (χ1n) is 6.38. The molecule has 0 saturated carbocycles. The van der Waals surface area contributed by atoms with Crippen LogP contribution in [0.2, 0.25) is 5.02 Å². The standard InChI is InChI=1S/C16H13ClO4/c1-19-10-7-13(20-2)15-12(18)6-9-4-3-5-11(17)16(9)21-14(15)8-10/h3-5,7-8H,6H2,1-2H3. The number of Topliss-reactive ketones (excluding diaryl/α,β-unsaturated/α-hetero) is 1. The highest BCUT2D eigenvalue weighted by molar-refractivity contribution is 6.32. The van der Waals surface area contributed by atoms with E-state index in [1.165, 1.54) is 7.11 Å². The molecule has 0 amide bonds. The summed E-state index contributed by atoms with van der Waals surface area (Å²) in [5.41, 5.74) is 1.16. The zero-order chi connectivity index (χ0) is 15.0. The molecule has 0 bridgehead atoms. The Labute approximate surface area is 127 Å². The van der Waals surface area contributed by atoms with Crippen LogP contribution in [-0.4, -0.2) is 20.0 Å². The van der Waals surface area contributed by atoms with Gasteiger partial charge in [-0.1, -0.05) is 23.7 Å². The van der Waals surface area contributed by atoms with Crippen LogP contribution in [0, 0.1) is 0 Å². The Morgan fingerprint density at radius 3 is 2.71 bits per heavy atom. The summed E-state index contributed by atoms with van der Waals surface area (Å²) in [7, 11) is 3.05. The van der Waals surface area contributed by atoms with Gasteiger partial charge in [-0.2, -0.15) is 0 Å². The summed E-state index contributed by atoms with van der Waals surface area (Å²) in [4.78, 5) is 12.5. The van der Waals surface area contributed by atoms with Crippen molar-refractivity contribution in [3.63, 3.8) is 0 Å². The molecule has 1 heterocycles.